The SMILES string of the molecule is CCCCN(C)C(=O)c1cccc(NC)c1[N+](=O)[O-]. The lowest BCUT2D eigenvalue weighted by molar-refractivity contribution is -0.384. The van der Waals surface area contributed by atoms with Gasteiger partial charge in [0.25, 0.3) is 5.91 Å². The third-order valence-corrected chi connectivity index (χ3v) is 2.91. The standard InChI is InChI=1S/C13H19N3O3/c1-4-5-9-15(3)13(17)10-7-6-8-11(14-2)12(10)16(18)19/h6-8,14H,4-5,9H2,1-3H3. The van der Waals surface area contributed by atoms with Gasteiger partial charge in [0.15, 0.2) is 0 Å². The number of para-hydroxylation sites is 1. The van der Waals surface area contributed by atoms with Crippen molar-refractivity contribution in [3.8, 4) is 0 Å². The molecule has 1 aromatic rings. The Bertz CT molecular complexity index is 474. The number of benzene rings is 1. The lowest BCUT2D eigenvalue weighted by atomic mass is 10.1. The molecule has 0 aliphatic rings. The van der Waals surface area contributed by atoms with E-state index >= 15 is 0 Å². The molecule has 1 aromatic carbocycles. The van der Waals surface area contributed by atoms with Gasteiger partial charge >= 0.3 is 5.69 Å². The molecule has 0 spiro atoms. The molecular formula is C13H19N3O3. The Morgan fingerprint density at radius 2 is 2.16 bits per heavy atom. The first-order valence-corrected chi connectivity index (χ1v) is 6.23. The molecule has 6 nitrogen and oxygen atoms in total. The lowest BCUT2D eigenvalue weighted by Gasteiger charge is -2.17. The highest BCUT2D eigenvalue weighted by Gasteiger charge is 2.25. The molecule has 0 heterocycles. The molecule has 1 N–H and O–H groups in total. The number of carbonyl (C=O) groups is 1. The first kappa shape index (κ1) is 14.9. The fraction of sp³-hybridized carbons (Fsp3) is 0.462. The van der Waals surface area contributed by atoms with Crippen LogP contribution in [0.5, 0.6) is 0 Å². The third kappa shape index (κ3) is 3.43. The van der Waals surface area contributed by atoms with Crippen molar-refractivity contribution in [1.29, 1.82) is 0 Å². The largest absolute Gasteiger partial charge is 0.383 e. The van der Waals surface area contributed by atoms with Crippen molar-refractivity contribution >= 4 is 17.3 Å². The van der Waals surface area contributed by atoms with Crippen molar-refractivity contribution in [2.45, 2.75) is 19.8 Å². The molecular weight excluding hydrogens is 246 g/mol. The van der Waals surface area contributed by atoms with Crippen LogP contribution in [0.3, 0.4) is 0 Å². The zero-order chi connectivity index (χ0) is 14.4. The van der Waals surface area contributed by atoms with Gasteiger partial charge in [-0.2, -0.15) is 0 Å². The van der Waals surface area contributed by atoms with Crippen molar-refractivity contribution in [3.63, 3.8) is 0 Å². The van der Waals surface area contributed by atoms with Crippen LogP contribution in [-0.4, -0.2) is 36.4 Å². The molecule has 104 valence electrons. The number of nitrogens with one attached hydrogen (secondary N) is 1. The summed E-state index contributed by atoms with van der Waals surface area (Å²) in [6.07, 6.45) is 1.85. The molecule has 0 radical (unpaired) electrons. The molecule has 0 aliphatic carbocycles. The number of carbonyl (C=O) groups excluding carboxylic acids is 1. The molecule has 1 rings (SSSR count). The van der Waals surface area contributed by atoms with Gasteiger partial charge in [0.2, 0.25) is 0 Å². The highest BCUT2D eigenvalue weighted by molar-refractivity contribution is 6.00. The molecule has 0 aromatic heterocycles. The summed E-state index contributed by atoms with van der Waals surface area (Å²) in [4.78, 5) is 24.4. The van der Waals surface area contributed by atoms with Crippen LogP contribution in [-0.2, 0) is 0 Å². The maximum absolute atomic E-state index is 12.2. The average Bonchev–Trinajstić information content (AvgIpc) is 2.42. The molecule has 19 heavy (non-hydrogen) atoms. The van der Waals surface area contributed by atoms with Crippen molar-refractivity contribution in [3.05, 3.63) is 33.9 Å². The molecule has 0 saturated heterocycles. The van der Waals surface area contributed by atoms with Gasteiger partial charge in [-0.25, -0.2) is 0 Å². The first-order valence-electron chi connectivity index (χ1n) is 6.23. The number of amides is 1. The van der Waals surface area contributed by atoms with Gasteiger partial charge < -0.3 is 10.2 Å². The molecule has 1 amide bonds. The number of nitrogens with zero attached hydrogens (tertiary/aromatic N) is 2. The second-order valence-corrected chi connectivity index (χ2v) is 4.29. The number of rotatable bonds is 6. The highest BCUT2D eigenvalue weighted by atomic mass is 16.6. The highest BCUT2D eigenvalue weighted by Crippen LogP contribution is 2.29. The Kier molecular flexibility index (Phi) is 5.29. The van der Waals surface area contributed by atoms with E-state index in [1.807, 2.05) is 6.92 Å². The molecule has 0 saturated carbocycles. The molecule has 6 heteroatoms. The van der Waals surface area contributed by atoms with Crippen LogP contribution in [0.2, 0.25) is 0 Å². The smallest absolute Gasteiger partial charge is 0.305 e. The summed E-state index contributed by atoms with van der Waals surface area (Å²) in [5.74, 6) is -0.322. The number of hydrogen-bond acceptors (Lipinski definition) is 4. The zero-order valence-corrected chi connectivity index (χ0v) is 11.5. The van der Waals surface area contributed by atoms with Crippen LogP contribution < -0.4 is 5.32 Å². The molecule has 0 unspecified atom stereocenters. The maximum Gasteiger partial charge on any atom is 0.305 e. The van der Waals surface area contributed by atoms with Gasteiger partial charge in [-0.1, -0.05) is 19.4 Å². The van der Waals surface area contributed by atoms with E-state index in [2.05, 4.69) is 5.32 Å². The fourth-order valence-corrected chi connectivity index (χ4v) is 1.82. The number of nitro groups is 1. The van der Waals surface area contributed by atoms with Crippen LogP contribution in [0, 0.1) is 10.1 Å². The molecule has 0 aliphatic heterocycles. The molecule has 0 fully saturated rings. The van der Waals surface area contributed by atoms with Gasteiger partial charge in [0, 0.05) is 20.6 Å². The second-order valence-electron chi connectivity index (χ2n) is 4.29. The van der Waals surface area contributed by atoms with E-state index in [4.69, 9.17) is 0 Å². The van der Waals surface area contributed by atoms with Crippen LogP contribution >= 0.6 is 0 Å². The van der Waals surface area contributed by atoms with E-state index in [0.717, 1.165) is 12.8 Å². The molecule has 0 bridgehead atoms. The normalized spacial score (nSPS) is 10.1. The minimum Gasteiger partial charge on any atom is -0.383 e. The van der Waals surface area contributed by atoms with E-state index in [1.54, 1.807) is 26.2 Å². The summed E-state index contributed by atoms with van der Waals surface area (Å²) in [5, 5.41) is 13.9. The minimum atomic E-state index is -0.521. The van der Waals surface area contributed by atoms with Crippen molar-refractivity contribution in [2.75, 3.05) is 26.0 Å². The Morgan fingerprint density at radius 1 is 1.47 bits per heavy atom. The molecule has 0 atom stereocenters. The van der Waals surface area contributed by atoms with Gasteiger partial charge in [-0.15, -0.1) is 0 Å². The predicted molar refractivity (Wildman–Crippen MR) is 74.5 cm³/mol. The number of anilines is 1. The van der Waals surface area contributed by atoms with Crippen molar-refractivity contribution in [1.82, 2.24) is 4.90 Å². The zero-order valence-electron chi connectivity index (χ0n) is 11.5. The van der Waals surface area contributed by atoms with E-state index in [1.165, 1.54) is 11.0 Å². The topological polar surface area (TPSA) is 75.5 Å². The number of hydrogen-bond donors (Lipinski definition) is 1. The monoisotopic (exact) mass is 265 g/mol. The van der Waals surface area contributed by atoms with Gasteiger partial charge in [0.1, 0.15) is 11.3 Å². The Balaban J connectivity index is 3.12. The quantitative estimate of drug-likeness (QED) is 0.633. The lowest BCUT2D eigenvalue weighted by Crippen LogP contribution is -2.28. The second kappa shape index (κ2) is 6.72. The summed E-state index contributed by atoms with van der Waals surface area (Å²) >= 11 is 0. The van der Waals surface area contributed by atoms with Gasteiger partial charge in [0.05, 0.1) is 4.92 Å². The number of unbranched alkanes of at least 4 members (excludes halogenated alkanes) is 1. The Hall–Kier alpha value is -2.11. The third-order valence-electron chi connectivity index (χ3n) is 2.91. The Morgan fingerprint density at radius 3 is 2.68 bits per heavy atom. The van der Waals surface area contributed by atoms with E-state index in [-0.39, 0.29) is 17.2 Å². The van der Waals surface area contributed by atoms with E-state index in [9.17, 15) is 14.9 Å². The van der Waals surface area contributed by atoms with E-state index < -0.39 is 4.92 Å². The van der Waals surface area contributed by atoms with E-state index in [0.29, 0.717) is 12.2 Å². The van der Waals surface area contributed by atoms with Crippen LogP contribution in [0.25, 0.3) is 0 Å². The minimum absolute atomic E-state index is 0.121. The van der Waals surface area contributed by atoms with Crippen LogP contribution in [0.15, 0.2) is 18.2 Å². The van der Waals surface area contributed by atoms with Crippen LogP contribution in [0.4, 0.5) is 11.4 Å². The predicted octanol–water partition coefficient (Wildman–Crippen LogP) is 2.51. The summed E-state index contributed by atoms with van der Waals surface area (Å²) in [7, 11) is 3.26. The summed E-state index contributed by atoms with van der Waals surface area (Å²) in [6, 6.07) is 4.71. The average molecular weight is 265 g/mol. The van der Waals surface area contributed by atoms with Crippen LogP contribution in [0.1, 0.15) is 30.1 Å². The summed E-state index contributed by atoms with van der Waals surface area (Å²) in [5.41, 5.74) is 0.300. The maximum atomic E-state index is 12.2. The fourth-order valence-electron chi connectivity index (χ4n) is 1.82. The summed E-state index contributed by atoms with van der Waals surface area (Å²) < 4.78 is 0. The summed E-state index contributed by atoms with van der Waals surface area (Å²) in [6.45, 7) is 2.62. The van der Waals surface area contributed by atoms with Gasteiger partial charge in [-0.3, -0.25) is 14.9 Å². The first-order chi connectivity index (χ1) is 9.02. The van der Waals surface area contributed by atoms with Crippen molar-refractivity contribution < 1.29 is 9.72 Å². The number of nitro benzene ring substituents is 1. The Labute approximate surface area is 112 Å². The van der Waals surface area contributed by atoms with Crippen molar-refractivity contribution in [2.24, 2.45) is 0 Å². The van der Waals surface area contributed by atoms with Gasteiger partial charge in [-0.05, 0) is 18.6 Å².